The van der Waals surface area contributed by atoms with Crippen LogP contribution in [0.2, 0.25) is 0 Å². The van der Waals surface area contributed by atoms with E-state index >= 15 is 0 Å². The Morgan fingerprint density at radius 3 is 2.71 bits per heavy atom. The normalized spacial score (nSPS) is 13.8. The van der Waals surface area contributed by atoms with Crippen LogP contribution < -0.4 is 0 Å². The predicted octanol–water partition coefficient (Wildman–Crippen LogP) is 2.18. The fourth-order valence-corrected chi connectivity index (χ4v) is 3.47. The minimum atomic E-state index is -3.15. The molecule has 2 aromatic heterocycles. The van der Waals surface area contributed by atoms with Gasteiger partial charge in [0, 0.05) is 22.1 Å². The summed E-state index contributed by atoms with van der Waals surface area (Å²) in [5.41, 5.74) is 0. The van der Waals surface area contributed by atoms with Crippen LogP contribution in [0.3, 0.4) is 0 Å². The highest BCUT2D eigenvalue weighted by Crippen LogP contribution is 2.27. The first-order valence-electron chi connectivity index (χ1n) is 6.50. The van der Waals surface area contributed by atoms with Crippen molar-refractivity contribution in [3.05, 3.63) is 33.6 Å². The molecule has 0 saturated heterocycles. The molecule has 6 nitrogen and oxygen atoms in total. The third-order valence-electron chi connectivity index (χ3n) is 3.12. The molecular formula is C13H19N3O3S2. The van der Waals surface area contributed by atoms with Gasteiger partial charge in [-0.05, 0) is 33.0 Å². The van der Waals surface area contributed by atoms with Crippen molar-refractivity contribution in [2.24, 2.45) is 0 Å². The van der Waals surface area contributed by atoms with Gasteiger partial charge in [0.15, 0.2) is 15.7 Å². The molecule has 0 saturated carbocycles. The number of nitrogens with zero attached hydrogens (tertiary/aromatic N) is 3. The number of aryl methyl sites for hydroxylation is 1. The summed E-state index contributed by atoms with van der Waals surface area (Å²) in [5, 5.41) is 3.70. The van der Waals surface area contributed by atoms with Crippen LogP contribution >= 0.6 is 11.3 Å². The number of thiophene rings is 1. The molecular weight excluding hydrogens is 310 g/mol. The zero-order chi connectivity index (χ0) is 15.6. The lowest BCUT2D eigenvalue weighted by atomic mass is 10.2. The first kappa shape index (κ1) is 16.1. The first-order chi connectivity index (χ1) is 9.74. The zero-order valence-electron chi connectivity index (χ0n) is 12.5. The molecule has 0 N–H and O–H groups in total. The molecule has 21 heavy (non-hydrogen) atoms. The average molecular weight is 329 g/mol. The van der Waals surface area contributed by atoms with Gasteiger partial charge in [0.25, 0.3) is 0 Å². The Balaban J connectivity index is 2.01. The number of sulfone groups is 1. The maximum Gasteiger partial charge on any atom is 0.240 e. The number of rotatable bonds is 6. The second-order valence-electron chi connectivity index (χ2n) is 5.21. The molecule has 116 valence electrons. The summed E-state index contributed by atoms with van der Waals surface area (Å²) < 4.78 is 27.5. The van der Waals surface area contributed by atoms with Gasteiger partial charge in [-0.15, -0.1) is 11.3 Å². The highest BCUT2D eigenvalue weighted by atomic mass is 32.2. The van der Waals surface area contributed by atoms with Crippen molar-refractivity contribution < 1.29 is 12.9 Å². The van der Waals surface area contributed by atoms with Crippen molar-refractivity contribution in [3.63, 3.8) is 0 Å². The van der Waals surface area contributed by atoms with Gasteiger partial charge >= 0.3 is 0 Å². The molecule has 0 spiro atoms. The molecule has 0 unspecified atom stereocenters. The maximum absolute atomic E-state index is 11.2. The molecule has 2 heterocycles. The Hall–Kier alpha value is -1.25. The summed E-state index contributed by atoms with van der Waals surface area (Å²) in [7, 11) is -1.17. The summed E-state index contributed by atoms with van der Waals surface area (Å²) in [6, 6.07) is 4.44. The molecule has 1 atom stereocenters. The lowest BCUT2D eigenvalue weighted by Gasteiger charge is -2.21. The van der Waals surface area contributed by atoms with Crippen LogP contribution in [0.1, 0.15) is 34.4 Å². The van der Waals surface area contributed by atoms with Gasteiger partial charge in [0.1, 0.15) is 5.75 Å². The van der Waals surface area contributed by atoms with Gasteiger partial charge in [0.2, 0.25) is 5.89 Å². The minimum absolute atomic E-state index is 0.195. The van der Waals surface area contributed by atoms with Gasteiger partial charge < -0.3 is 4.52 Å². The van der Waals surface area contributed by atoms with Crippen LogP contribution in [0.5, 0.6) is 0 Å². The third-order valence-corrected chi connectivity index (χ3v) is 5.07. The zero-order valence-corrected chi connectivity index (χ0v) is 14.2. The summed E-state index contributed by atoms with van der Waals surface area (Å²) in [4.78, 5) is 8.75. The first-order valence-corrected chi connectivity index (χ1v) is 9.38. The molecule has 0 aliphatic rings. The minimum Gasteiger partial charge on any atom is -0.338 e. The SMILES string of the molecule is Cc1ccc([C@H](C)N(C)Cc2nc(CS(C)(=O)=O)no2)s1. The smallest absolute Gasteiger partial charge is 0.240 e. The molecule has 2 rings (SSSR count). The Morgan fingerprint density at radius 1 is 1.43 bits per heavy atom. The van der Waals surface area contributed by atoms with Gasteiger partial charge in [-0.2, -0.15) is 4.98 Å². The van der Waals surface area contributed by atoms with Crippen LogP contribution in [0, 0.1) is 6.92 Å². The Labute approximate surface area is 128 Å². The van der Waals surface area contributed by atoms with E-state index in [2.05, 4.69) is 41.0 Å². The topological polar surface area (TPSA) is 76.3 Å². The van der Waals surface area contributed by atoms with Crippen molar-refractivity contribution in [2.45, 2.75) is 32.2 Å². The van der Waals surface area contributed by atoms with Crippen LogP contribution in [-0.2, 0) is 22.1 Å². The summed E-state index contributed by atoms with van der Waals surface area (Å²) in [6.07, 6.45) is 1.15. The molecule has 0 bridgehead atoms. The van der Waals surface area contributed by atoms with Gasteiger partial charge in [-0.3, -0.25) is 4.90 Å². The molecule has 8 heteroatoms. The van der Waals surface area contributed by atoms with E-state index in [-0.39, 0.29) is 17.6 Å². The van der Waals surface area contributed by atoms with Gasteiger partial charge in [-0.25, -0.2) is 8.42 Å². The Morgan fingerprint density at radius 2 is 2.14 bits per heavy atom. The van der Waals surface area contributed by atoms with Crippen molar-refractivity contribution in [3.8, 4) is 0 Å². The molecule has 0 fully saturated rings. The molecule has 0 aromatic carbocycles. The average Bonchev–Trinajstić information content (AvgIpc) is 2.95. The number of hydrogen-bond acceptors (Lipinski definition) is 7. The summed E-state index contributed by atoms with van der Waals surface area (Å²) >= 11 is 1.76. The fourth-order valence-electron chi connectivity index (χ4n) is 1.89. The standard InChI is InChI=1S/C13H19N3O3S2/c1-9-5-6-11(20-9)10(2)16(3)7-13-14-12(15-19-13)8-21(4,17)18/h5-6,10H,7-8H2,1-4H3/t10-/m0/s1. The van der Waals surface area contributed by atoms with Crippen molar-refractivity contribution in [1.29, 1.82) is 0 Å². The van der Waals surface area contributed by atoms with Crippen LogP contribution in [0.4, 0.5) is 0 Å². The lowest BCUT2D eigenvalue weighted by Crippen LogP contribution is -2.21. The van der Waals surface area contributed by atoms with E-state index in [1.54, 1.807) is 11.3 Å². The highest BCUT2D eigenvalue weighted by molar-refractivity contribution is 7.89. The molecule has 0 aliphatic carbocycles. The van der Waals surface area contributed by atoms with E-state index in [0.29, 0.717) is 12.4 Å². The fraction of sp³-hybridized carbons (Fsp3) is 0.538. The molecule has 0 radical (unpaired) electrons. The van der Waals surface area contributed by atoms with Crippen LogP contribution in [0.15, 0.2) is 16.7 Å². The second kappa shape index (κ2) is 6.25. The Kier molecular flexibility index (Phi) is 4.80. The number of hydrogen-bond donors (Lipinski definition) is 0. The van der Waals surface area contributed by atoms with E-state index in [1.165, 1.54) is 9.75 Å². The molecule has 0 amide bonds. The predicted molar refractivity (Wildman–Crippen MR) is 81.8 cm³/mol. The van der Waals surface area contributed by atoms with Gasteiger partial charge in [0.05, 0.1) is 6.54 Å². The van der Waals surface area contributed by atoms with Gasteiger partial charge in [-0.1, -0.05) is 5.16 Å². The monoisotopic (exact) mass is 329 g/mol. The molecule has 0 aliphatic heterocycles. The van der Waals surface area contributed by atoms with Crippen LogP contribution in [-0.4, -0.2) is 36.8 Å². The number of aromatic nitrogens is 2. The lowest BCUT2D eigenvalue weighted by molar-refractivity contribution is 0.218. The van der Waals surface area contributed by atoms with Crippen molar-refractivity contribution in [1.82, 2.24) is 15.0 Å². The third kappa shape index (κ3) is 4.62. The Bertz CT molecular complexity index is 706. The largest absolute Gasteiger partial charge is 0.338 e. The molecule has 2 aromatic rings. The van der Waals surface area contributed by atoms with E-state index < -0.39 is 9.84 Å². The van der Waals surface area contributed by atoms with Crippen molar-refractivity contribution >= 4 is 21.2 Å². The van der Waals surface area contributed by atoms with Crippen LogP contribution in [0.25, 0.3) is 0 Å². The van der Waals surface area contributed by atoms with E-state index in [9.17, 15) is 8.42 Å². The summed E-state index contributed by atoms with van der Waals surface area (Å²) in [5.74, 6) is 0.441. The van der Waals surface area contributed by atoms with E-state index in [1.807, 2.05) is 7.05 Å². The summed E-state index contributed by atoms with van der Waals surface area (Å²) in [6.45, 7) is 4.67. The highest BCUT2D eigenvalue weighted by Gasteiger charge is 2.18. The second-order valence-corrected chi connectivity index (χ2v) is 8.67. The van der Waals surface area contributed by atoms with Crippen molar-refractivity contribution in [2.75, 3.05) is 13.3 Å². The maximum atomic E-state index is 11.2. The quantitative estimate of drug-likeness (QED) is 0.808. The van der Waals surface area contributed by atoms with E-state index in [0.717, 1.165) is 6.26 Å². The van der Waals surface area contributed by atoms with E-state index in [4.69, 9.17) is 4.52 Å².